The zero-order chi connectivity index (χ0) is 21.0. The molecule has 2 amide bonds. The Morgan fingerprint density at radius 2 is 1.69 bits per heavy atom. The van der Waals surface area contributed by atoms with Gasteiger partial charge in [0.15, 0.2) is 0 Å². The highest BCUT2D eigenvalue weighted by molar-refractivity contribution is 6.05. The normalized spacial score (nSPS) is 14.5. The summed E-state index contributed by atoms with van der Waals surface area (Å²) in [6.45, 7) is 9.34. The molecule has 1 heterocycles. The van der Waals surface area contributed by atoms with Gasteiger partial charge in [-0.1, -0.05) is 32.9 Å². The third kappa shape index (κ3) is 4.88. The molecule has 1 fully saturated rings. The maximum Gasteiger partial charge on any atom is 0.255 e. The average Bonchev–Trinajstić information content (AvgIpc) is 2.73. The minimum absolute atomic E-state index is 0.0421. The minimum Gasteiger partial charge on any atom is -0.495 e. The SMILES string of the molecule is COc1ccc(N2CCN(C=O)CC2)cc1NC(=O)c1ccc(C(C)(C)C)cc1. The molecule has 0 saturated carbocycles. The van der Waals surface area contributed by atoms with Crippen LogP contribution in [-0.2, 0) is 10.2 Å². The van der Waals surface area contributed by atoms with Gasteiger partial charge in [0.1, 0.15) is 5.75 Å². The molecule has 0 unspecified atom stereocenters. The van der Waals surface area contributed by atoms with Crippen molar-refractivity contribution in [3.63, 3.8) is 0 Å². The standard InChI is InChI=1S/C23H29N3O3/c1-23(2,3)18-7-5-17(6-8-18)22(28)24-20-15-19(9-10-21(20)29-4)26-13-11-25(16-27)12-14-26/h5-10,15-16H,11-14H2,1-4H3,(H,24,28). The highest BCUT2D eigenvalue weighted by Gasteiger charge is 2.19. The highest BCUT2D eigenvalue weighted by atomic mass is 16.5. The fourth-order valence-corrected chi connectivity index (χ4v) is 3.39. The molecular weight excluding hydrogens is 366 g/mol. The molecule has 2 aromatic rings. The number of ether oxygens (including phenoxy) is 1. The van der Waals surface area contributed by atoms with Crippen LogP contribution in [-0.4, -0.2) is 50.5 Å². The van der Waals surface area contributed by atoms with Crippen molar-refractivity contribution in [2.45, 2.75) is 26.2 Å². The van der Waals surface area contributed by atoms with Gasteiger partial charge in [0.2, 0.25) is 6.41 Å². The van der Waals surface area contributed by atoms with Gasteiger partial charge in [0, 0.05) is 37.4 Å². The molecule has 1 N–H and O–H groups in total. The number of nitrogens with zero attached hydrogens (tertiary/aromatic N) is 2. The summed E-state index contributed by atoms with van der Waals surface area (Å²) in [4.78, 5) is 27.7. The minimum atomic E-state index is -0.174. The number of methoxy groups -OCH3 is 1. The van der Waals surface area contributed by atoms with E-state index in [0.717, 1.165) is 25.2 Å². The summed E-state index contributed by atoms with van der Waals surface area (Å²) in [6.07, 6.45) is 0.891. The lowest BCUT2D eigenvalue weighted by molar-refractivity contribution is -0.118. The summed E-state index contributed by atoms with van der Waals surface area (Å²) >= 11 is 0. The molecule has 0 aliphatic carbocycles. The number of piperazine rings is 1. The Morgan fingerprint density at radius 3 is 2.24 bits per heavy atom. The van der Waals surface area contributed by atoms with E-state index < -0.39 is 0 Å². The Labute approximate surface area is 172 Å². The van der Waals surface area contributed by atoms with E-state index in [2.05, 4.69) is 31.0 Å². The molecule has 0 radical (unpaired) electrons. The van der Waals surface area contributed by atoms with Gasteiger partial charge in [-0.2, -0.15) is 0 Å². The van der Waals surface area contributed by atoms with Gasteiger partial charge in [-0.3, -0.25) is 9.59 Å². The summed E-state index contributed by atoms with van der Waals surface area (Å²) in [7, 11) is 1.59. The molecule has 1 aliphatic rings. The number of carbonyl (C=O) groups is 2. The molecule has 0 atom stereocenters. The molecular formula is C23H29N3O3. The van der Waals surface area contributed by atoms with Crippen LogP contribution >= 0.6 is 0 Å². The molecule has 29 heavy (non-hydrogen) atoms. The van der Waals surface area contributed by atoms with Gasteiger partial charge in [0.05, 0.1) is 12.8 Å². The first-order valence-electron chi connectivity index (χ1n) is 9.86. The van der Waals surface area contributed by atoms with Crippen LogP contribution < -0.4 is 15.0 Å². The van der Waals surface area contributed by atoms with Gasteiger partial charge >= 0.3 is 0 Å². The Balaban J connectivity index is 1.77. The van der Waals surface area contributed by atoms with Crippen LogP contribution in [0.5, 0.6) is 5.75 Å². The quantitative estimate of drug-likeness (QED) is 0.787. The third-order valence-electron chi connectivity index (χ3n) is 5.27. The molecule has 0 spiro atoms. The average molecular weight is 396 g/mol. The summed E-state index contributed by atoms with van der Waals surface area (Å²) in [6, 6.07) is 13.5. The van der Waals surface area contributed by atoms with Crippen LogP contribution in [0.25, 0.3) is 0 Å². The van der Waals surface area contributed by atoms with Crippen molar-refractivity contribution in [3.05, 3.63) is 53.6 Å². The number of anilines is 2. The number of hydrogen-bond acceptors (Lipinski definition) is 4. The van der Waals surface area contributed by atoms with E-state index in [4.69, 9.17) is 4.74 Å². The van der Waals surface area contributed by atoms with Crippen LogP contribution in [0.4, 0.5) is 11.4 Å². The van der Waals surface area contributed by atoms with Crippen molar-refractivity contribution in [2.24, 2.45) is 0 Å². The Hall–Kier alpha value is -3.02. The lowest BCUT2D eigenvalue weighted by atomic mass is 9.87. The maximum absolute atomic E-state index is 12.8. The van der Waals surface area contributed by atoms with Gasteiger partial charge in [-0.05, 0) is 41.3 Å². The molecule has 1 aliphatic heterocycles. The summed E-state index contributed by atoms with van der Waals surface area (Å²) in [5, 5.41) is 2.98. The topological polar surface area (TPSA) is 61.9 Å². The Bertz CT molecular complexity index is 864. The van der Waals surface area contributed by atoms with Crippen LogP contribution in [0.3, 0.4) is 0 Å². The van der Waals surface area contributed by atoms with Crippen molar-refractivity contribution < 1.29 is 14.3 Å². The highest BCUT2D eigenvalue weighted by Crippen LogP contribution is 2.31. The number of rotatable bonds is 5. The molecule has 0 bridgehead atoms. The number of amides is 2. The van der Waals surface area contributed by atoms with Crippen LogP contribution in [0.2, 0.25) is 0 Å². The lowest BCUT2D eigenvalue weighted by Crippen LogP contribution is -2.45. The third-order valence-corrected chi connectivity index (χ3v) is 5.27. The summed E-state index contributed by atoms with van der Waals surface area (Å²) in [5.74, 6) is 0.437. The molecule has 0 aromatic heterocycles. The molecule has 1 saturated heterocycles. The van der Waals surface area contributed by atoms with Crippen molar-refractivity contribution in [1.29, 1.82) is 0 Å². The van der Waals surface area contributed by atoms with Gasteiger partial charge < -0.3 is 19.9 Å². The smallest absolute Gasteiger partial charge is 0.255 e. The molecule has 2 aromatic carbocycles. The largest absolute Gasteiger partial charge is 0.495 e. The number of hydrogen-bond donors (Lipinski definition) is 1. The van der Waals surface area contributed by atoms with Crippen LogP contribution in [0.15, 0.2) is 42.5 Å². The van der Waals surface area contributed by atoms with E-state index in [1.807, 2.05) is 42.5 Å². The second kappa shape index (κ2) is 8.55. The van der Waals surface area contributed by atoms with E-state index >= 15 is 0 Å². The zero-order valence-corrected chi connectivity index (χ0v) is 17.6. The first-order chi connectivity index (χ1) is 13.8. The van der Waals surface area contributed by atoms with E-state index in [9.17, 15) is 9.59 Å². The predicted molar refractivity (Wildman–Crippen MR) is 116 cm³/mol. The fourth-order valence-electron chi connectivity index (χ4n) is 3.39. The number of benzene rings is 2. The summed E-state index contributed by atoms with van der Waals surface area (Å²) < 4.78 is 5.43. The maximum atomic E-state index is 12.8. The fraction of sp³-hybridized carbons (Fsp3) is 0.391. The van der Waals surface area contributed by atoms with E-state index in [1.165, 1.54) is 5.56 Å². The van der Waals surface area contributed by atoms with Crippen molar-refractivity contribution in [2.75, 3.05) is 43.5 Å². The number of carbonyl (C=O) groups excluding carboxylic acids is 2. The molecule has 154 valence electrons. The molecule has 6 nitrogen and oxygen atoms in total. The zero-order valence-electron chi connectivity index (χ0n) is 17.6. The van der Waals surface area contributed by atoms with Gasteiger partial charge in [-0.25, -0.2) is 0 Å². The van der Waals surface area contributed by atoms with Crippen molar-refractivity contribution in [3.8, 4) is 5.75 Å². The van der Waals surface area contributed by atoms with E-state index in [1.54, 1.807) is 12.0 Å². The van der Waals surface area contributed by atoms with Crippen LogP contribution in [0.1, 0.15) is 36.7 Å². The second-order valence-corrected chi connectivity index (χ2v) is 8.29. The van der Waals surface area contributed by atoms with Crippen LogP contribution in [0, 0.1) is 0 Å². The Morgan fingerprint density at radius 1 is 1.03 bits per heavy atom. The Kier molecular flexibility index (Phi) is 6.11. The van der Waals surface area contributed by atoms with Gasteiger partial charge in [0.25, 0.3) is 5.91 Å². The second-order valence-electron chi connectivity index (χ2n) is 8.29. The monoisotopic (exact) mass is 395 g/mol. The first-order valence-corrected chi connectivity index (χ1v) is 9.86. The van der Waals surface area contributed by atoms with Crippen molar-refractivity contribution >= 4 is 23.7 Å². The summed E-state index contributed by atoms with van der Waals surface area (Å²) in [5.41, 5.74) is 3.45. The van der Waals surface area contributed by atoms with Crippen molar-refractivity contribution in [1.82, 2.24) is 4.90 Å². The number of nitrogens with one attached hydrogen (secondary N) is 1. The first kappa shape index (κ1) is 20.7. The predicted octanol–water partition coefficient (Wildman–Crippen LogP) is 3.52. The lowest BCUT2D eigenvalue weighted by Gasteiger charge is -2.34. The molecule has 3 rings (SSSR count). The van der Waals surface area contributed by atoms with Gasteiger partial charge in [-0.15, -0.1) is 0 Å². The van der Waals surface area contributed by atoms with E-state index in [-0.39, 0.29) is 11.3 Å². The van der Waals surface area contributed by atoms with E-state index in [0.29, 0.717) is 30.1 Å². The molecule has 6 heteroatoms.